The van der Waals surface area contributed by atoms with Gasteiger partial charge in [-0.3, -0.25) is 9.22 Å². The molecule has 7 nitrogen and oxygen atoms in total. The standard InChI is InChI=1S/C5H8N2O.C5H7NO.C2H3I3.C2H4I.H3NO.V/c1-3-4(2)8-7-5(3)6;1-4(3-6)5(2)7;1-2(3,4)5;1-2-3;1-2;/h1-2H3,(H2,6,7);4H,1-2H3;1H3;2H,1H3;2H,1H2;/q;;;-1;;. The number of hydrogen-bond donors (Lipinski definition) is 3. The van der Waals surface area contributed by atoms with Gasteiger partial charge in [-0.2, -0.15) is 12.2 Å². The van der Waals surface area contributed by atoms with Gasteiger partial charge < -0.3 is 38.1 Å². The molecule has 1 unspecified atom stereocenters. The van der Waals surface area contributed by atoms with Crippen molar-refractivity contribution < 1.29 is 33.1 Å². The minimum atomic E-state index is -0.431. The molecule has 1 rings (SSSR count). The summed E-state index contributed by atoms with van der Waals surface area (Å²) < 4.78 is 7.10. The van der Waals surface area contributed by atoms with E-state index in [1.807, 2.05) is 31.3 Å². The molecule has 0 aromatic carbocycles. The van der Waals surface area contributed by atoms with Gasteiger partial charge in [-0.05, 0) is 34.6 Å². The fourth-order valence-electron chi connectivity index (χ4n) is 0.526. The first-order chi connectivity index (χ1) is 11.3. The summed E-state index contributed by atoms with van der Waals surface area (Å²) in [6.45, 7) is 10.8. The number of nitrogens with two attached hydrogens (primary N) is 2. The van der Waals surface area contributed by atoms with Crippen molar-refractivity contribution in [3.8, 4) is 6.07 Å². The van der Waals surface area contributed by atoms with Gasteiger partial charge in [0.05, 0.1) is 6.07 Å². The largest absolute Gasteiger partial charge is 0.381 e. The van der Waals surface area contributed by atoms with Crippen LogP contribution in [0.5, 0.6) is 0 Å². The zero-order valence-corrected chi connectivity index (χ0v) is 25.5. The Kier molecular flexibility index (Phi) is 36.2. The molecule has 1 aromatic heterocycles. The van der Waals surface area contributed by atoms with Crippen LogP contribution in [0.25, 0.3) is 0 Å². The number of aromatic nitrogens is 1. The summed E-state index contributed by atoms with van der Waals surface area (Å²) in [6, 6.07) is 1.81. The Balaban J connectivity index is -0.0000000756. The molecule has 0 aliphatic rings. The van der Waals surface area contributed by atoms with E-state index in [4.69, 9.17) is 20.7 Å². The zero-order chi connectivity index (χ0) is 21.2. The summed E-state index contributed by atoms with van der Waals surface area (Å²) in [5.74, 6) is 4.28. The van der Waals surface area contributed by atoms with Gasteiger partial charge in [0.15, 0.2) is 5.82 Å². The van der Waals surface area contributed by atoms with E-state index in [2.05, 4.69) is 108 Å². The van der Waals surface area contributed by atoms with Gasteiger partial charge in [0, 0.05) is 24.1 Å². The second kappa shape index (κ2) is 24.6. The molecule has 1 atom stereocenters. The second-order valence-corrected chi connectivity index (χ2v) is 18.1. The smallest absolute Gasteiger partial charge is 0.169 e. The van der Waals surface area contributed by atoms with Gasteiger partial charge in [0.25, 0.3) is 0 Å². The number of alkyl halides is 3. The van der Waals surface area contributed by atoms with Gasteiger partial charge in [-0.25, -0.2) is 5.90 Å². The van der Waals surface area contributed by atoms with E-state index < -0.39 is 5.92 Å². The molecule has 1 heterocycles. The van der Waals surface area contributed by atoms with Gasteiger partial charge in [-0.15, -0.1) is 0 Å². The Hall–Kier alpha value is 1.59. The Morgan fingerprint density at radius 3 is 1.73 bits per heavy atom. The quantitative estimate of drug-likeness (QED) is 0.147. The number of nitrogens with zero attached hydrogens (tertiary/aromatic N) is 2. The molecule has 153 valence electrons. The summed E-state index contributed by atoms with van der Waals surface area (Å²) in [5.41, 5.74) is 6.27. The van der Waals surface area contributed by atoms with Gasteiger partial charge >= 0.3 is 0 Å². The topological polar surface area (TPSA) is 139 Å². The van der Waals surface area contributed by atoms with Crippen LogP contribution >= 0.6 is 90.4 Å². The number of aryl methyl sites for hydroxylation is 1. The number of nitrogen functional groups attached to an aromatic ring is 1. The normalized spacial score (nSPS) is 9.50. The molecule has 0 saturated heterocycles. The Labute approximate surface area is 222 Å². The zero-order valence-electron chi connectivity index (χ0n) is 15.4. The minimum Gasteiger partial charge on any atom is -0.381 e. The van der Waals surface area contributed by atoms with Gasteiger partial charge in [0.2, 0.25) is 0 Å². The van der Waals surface area contributed by atoms with E-state index >= 15 is 0 Å². The van der Waals surface area contributed by atoms with Crippen molar-refractivity contribution in [3.05, 3.63) is 15.8 Å². The van der Waals surface area contributed by atoms with Crippen LogP contribution in [0.3, 0.4) is 0 Å². The van der Waals surface area contributed by atoms with Crippen LogP contribution in [-0.2, 0) is 23.4 Å². The number of carbonyl (C=O) groups excluding carboxylic acids is 1. The van der Waals surface area contributed by atoms with Crippen molar-refractivity contribution in [1.82, 2.24) is 5.16 Å². The van der Waals surface area contributed by atoms with Crippen LogP contribution in [-0.4, -0.2) is 15.6 Å². The molecule has 0 spiro atoms. The van der Waals surface area contributed by atoms with E-state index in [0.717, 1.165) is 11.3 Å². The van der Waals surface area contributed by atoms with Gasteiger partial charge in [0.1, 0.15) is 16.9 Å². The number of anilines is 1. The number of ketones is 1. The third-order valence-corrected chi connectivity index (χ3v) is 2.00. The van der Waals surface area contributed by atoms with Gasteiger partial charge in [-0.1, -0.05) is 72.9 Å². The maximum atomic E-state index is 10.2. The first-order valence-electron chi connectivity index (χ1n) is 6.60. The number of nitriles is 1. The summed E-state index contributed by atoms with van der Waals surface area (Å²) in [4.78, 5) is 10.2. The molecule has 26 heavy (non-hydrogen) atoms. The first-order valence-corrected chi connectivity index (χ1v) is 11.1. The molecule has 0 bridgehead atoms. The van der Waals surface area contributed by atoms with Crippen LogP contribution < -0.4 is 11.6 Å². The van der Waals surface area contributed by atoms with Crippen LogP contribution in [0.2, 0.25) is 0 Å². The summed E-state index contributed by atoms with van der Waals surface area (Å²) in [6.07, 6.45) is 0. The number of rotatable bonds is 1. The number of hydrogen-bond acceptors (Lipinski definition) is 7. The molecule has 0 fully saturated rings. The minimum absolute atomic E-state index is 0. The SMILES string of the molecule is CC(=O)C(C)C#N.CC(I)(I)I.C[CH-]I.Cc1onc(N)c1C.NO.[V]. The van der Waals surface area contributed by atoms with Crippen molar-refractivity contribution in [2.75, 3.05) is 5.73 Å². The Morgan fingerprint density at radius 1 is 1.38 bits per heavy atom. The summed E-state index contributed by atoms with van der Waals surface area (Å²) in [7, 11) is 0. The fraction of sp³-hybridized carbons (Fsp3) is 0.571. The predicted molar refractivity (Wildman–Crippen MR) is 136 cm³/mol. The fourth-order valence-corrected chi connectivity index (χ4v) is 0.526. The van der Waals surface area contributed by atoms with E-state index in [-0.39, 0.29) is 24.3 Å². The van der Waals surface area contributed by atoms with E-state index in [9.17, 15) is 4.79 Å². The van der Waals surface area contributed by atoms with Crippen molar-refractivity contribution in [3.63, 3.8) is 0 Å². The second-order valence-electron chi connectivity index (χ2n) is 4.21. The number of halogens is 4. The Bertz CT molecular complexity index is 466. The number of carbonyl (C=O) groups is 1. The van der Waals surface area contributed by atoms with Crippen LogP contribution in [0, 0.1) is 35.5 Å². The molecular weight excluding hydrogens is 831 g/mol. The summed E-state index contributed by atoms with van der Waals surface area (Å²) >= 11 is 9.22. The van der Waals surface area contributed by atoms with Crippen molar-refractivity contribution in [2.24, 2.45) is 11.8 Å². The average Bonchev–Trinajstić information content (AvgIpc) is 2.79. The molecule has 1 radical (unpaired) electrons. The van der Waals surface area contributed by atoms with Crippen LogP contribution in [0.15, 0.2) is 4.52 Å². The van der Waals surface area contributed by atoms with Crippen LogP contribution in [0.4, 0.5) is 5.82 Å². The summed E-state index contributed by atoms with van der Waals surface area (Å²) in [5, 5.41) is 18.1. The molecular formula is C14H25I4N4O3V-. The molecule has 0 aliphatic heterocycles. The van der Waals surface area contributed by atoms with Crippen LogP contribution in [0.1, 0.15) is 39.0 Å². The van der Waals surface area contributed by atoms with Crippen molar-refractivity contribution in [2.45, 2.75) is 41.0 Å². The molecule has 0 saturated carbocycles. The van der Waals surface area contributed by atoms with Crippen molar-refractivity contribution in [1.29, 1.82) is 5.26 Å². The maximum Gasteiger partial charge on any atom is 0.169 e. The van der Waals surface area contributed by atoms with Crippen molar-refractivity contribution >= 4 is 102 Å². The van der Waals surface area contributed by atoms with E-state index in [0.29, 0.717) is 5.25 Å². The molecule has 5 N–H and O–H groups in total. The molecule has 1 aromatic rings. The molecule has 0 aliphatic carbocycles. The third-order valence-electron chi connectivity index (χ3n) is 2.00. The molecule has 0 amide bonds. The first kappa shape index (κ1) is 38.2. The number of Topliss-reactive ketones (excluding diaryl/α,β-unsaturated/α-hetero) is 1. The van der Waals surface area contributed by atoms with E-state index in [1.165, 1.54) is 6.92 Å². The monoisotopic (exact) mass is 856 g/mol. The maximum absolute atomic E-state index is 10.2. The average molecular weight is 856 g/mol. The van der Waals surface area contributed by atoms with E-state index in [1.54, 1.807) is 6.92 Å². The Morgan fingerprint density at radius 2 is 1.69 bits per heavy atom. The predicted octanol–water partition coefficient (Wildman–Crippen LogP) is 5.51. The third kappa shape index (κ3) is 36.5. The molecule has 12 heteroatoms.